The van der Waals surface area contributed by atoms with Gasteiger partial charge in [0.05, 0.1) is 44.1 Å². The number of nitrogens with zero attached hydrogens (tertiary/aromatic N) is 6. The summed E-state index contributed by atoms with van der Waals surface area (Å²) in [5.74, 6) is -0.877. The largest absolute Gasteiger partial charge is 0.461 e. The van der Waals surface area contributed by atoms with E-state index in [1.54, 1.807) is 92.2 Å². The lowest BCUT2D eigenvalue weighted by Gasteiger charge is -2.19. The number of benzene rings is 1. The molecule has 2 unspecified atom stereocenters. The van der Waals surface area contributed by atoms with Crippen LogP contribution in [0.3, 0.4) is 0 Å². The van der Waals surface area contributed by atoms with Crippen LogP contribution in [0.2, 0.25) is 0 Å². The smallest absolute Gasteiger partial charge is 0.339 e. The van der Waals surface area contributed by atoms with Crippen molar-refractivity contribution >= 4 is 28.0 Å². The molecule has 1 N–H and O–H groups in total. The molecule has 0 spiro atoms. The molecule has 0 radical (unpaired) electrons. The molecule has 0 amide bonds. The van der Waals surface area contributed by atoms with Gasteiger partial charge in [0.1, 0.15) is 37.2 Å². The monoisotopic (exact) mass is 696 g/mol. The van der Waals surface area contributed by atoms with E-state index in [1.165, 1.54) is 9.13 Å². The van der Waals surface area contributed by atoms with Crippen molar-refractivity contribution in [2.75, 3.05) is 39.6 Å². The maximum atomic E-state index is 12.9. The SMILES string of the molecule is Cn1ccc2c1c(=O)n(COCCOCC(COC(=O)C(O)c1ccccc1)OCCOCn1c(=O)c3c(ccn3C)n(C)c1=O)c(=O)n2C. The zero-order valence-electron chi connectivity index (χ0n) is 28.2. The molecule has 17 heteroatoms. The number of fused-ring (bicyclic) bond motifs is 2. The van der Waals surface area contributed by atoms with Gasteiger partial charge in [-0.15, -0.1) is 0 Å². The highest BCUT2D eigenvalue weighted by atomic mass is 16.6. The molecular weight excluding hydrogens is 656 g/mol. The maximum absolute atomic E-state index is 12.9. The van der Waals surface area contributed by atoms with E-state index in [9.17, 15) is 29.1 Å². The Morgan fingerprint density at radius 3 is 1.72 bits per heavy atom. The summed E-state index contributed by atoms with van der Waals surface area (Å²) in [5, 5.41) is 10.4. The van der Waals surface area contributed by atoms with Crippen molar-refractivity contribution < 1.29 is 33.6 Å². The number of hydrogen-bond acceptors (Lipinski definition) is 11. The minimum atomic E-state index is -1.50. The highest BCUT2D eigenvalue weighted by molar-refractivity contribution is 5.76. The molecule has 268 valence electrons. The van der Waals surface area contributed by atoms with Crippen molar-refractivity contribution in [3.05, 3.63) is 102 Å². The number of hydrogen-bond donors (Lipinski definition) is 1. The summed E-state index contributed by atoms with van der Waals surface area (Å²) in [6.45, 7) is -0.879. The average molecular weight is 697 g/mol. The number of ether oxygens (including phenoxy) is 5. The lowest BCUT2D eigenvalue weighted by molar-refractivity contribution is -0.160. The molecule has 0 aliphatic carbocycles. The summed E-state index contributed by atoms with van der Waals surface area (Å²) in [5.41, 5.74) is 0.114. The zero-order valence-corrected chi connectivity index (χ0v) is 28.2. The zero-order chi connectivity index (χ0) is 35.9. The van der Waals surface area contributed by atoms with Gasteiger partial charge >= 0.3 is 17.3 Å². The van der Waals surface area contributed by atoms with Crippen LogP contribution in [0.1, 0.15) is 11.7 Å². The van der Waals surface area contributed by atoms with Crippen molar-refractivity contribution in [1.29, 1.82) is 0 Å². The normalized spacial score (nSPS) is 12.9. The molecule has 0 aliphatic rings. The lowest BCUT2D eigenvalue weighted by Crippen LogP contribution is -2.40. The predicted molar refractivity (Wildman–Crippen MR) is 180 cm³/mol. The Morgan fingerprint density at radius 1 is 0.680 bits per heavy atom. The van der Waals surface area contributed by atoms with E-state index >= 15 is 0 Å². The van der Waals surface area contributed by atoms with Crippen molar-refractivity contribution in [2.24, 2.45) is 28.2 Å². The first-order chi connectivity index (χ1) is 24.0. The van der Waals surface area contributed by atoms with Crippen LogP contribution >= 0.6 is 0 Å². The third-order valence-corrected chi connectivity index (χ3v) is 8.20. The Balaban J connectivity index is 1.14. The number of carbonyl (C=O) groups excluding carboxylic acids is 1. The highest BCUT2D eigenvalue weighted by Crippen LogP contribution is 2.14. The summed E-state index contributed by atoms with van der Waals surface area (Å²) in [6.07, 6.45) is 1.10. The van der Waals surface area contributed by atoms with Crippen LogP contribution in [0.4, 0.5) is 0 Å². The Morgan fingerprint density at radius 2 is 1.18 bits per heavy atom. The van der Waals surface area contributed by atoms with Crippen molar-refractivity contribution in [3.63, 3.8) is 0 Å². The summed E-state index contributed by atoms with van der Waals surface area (Å²) < 4.78 is 35.9. The van der Waals surface area contributed by atoms with E-state index in [1.807, 2.05) is 0 Å². The Labute approximate surface area is 284 Å². The minimum absolute atomic E-state index is 0.0153. The van der Waals surface area contributed by atoms with Crippen molar-refractivity contribution in [3.8, 4) is 0 Å². The molecule has 5 aromatic rings. The second-order valence-electron chi connectivity index (χ2n) is 11.6. The van der Waals surface area contributed by atoms with E-state index in [0.29, 0.717) is 27.6 Å². The summed E-state index contributed by atoms with van der Waals surface area (Å²) in [6, 6.07) is 11.7. The first-order valence-electron chi connectivity index (χ1n) is 15.8. The molecule has 4 aromatic heterocycles. The Bertz CT molecular complexity index is 2190. The number of esters is 1. The van der Waals surface area contributed by atoms with Gasteiger partial charge < -0.3 is 37.9 Å². The first kappa shape index (κ1) is 36.2. The molecule has 0 fully saturated rings. The van der Waals surface area contributed by atoms with Gasteiger partial charge in [-0.05, 0) is 17.7 Å². The standard InChI is InChI=1S/C33H40N6O11/c1-34-12-10-24-26(34)29(41)38(32(44)36(24)3)20-47-15-14-46-18-23(19-50-31(43)28(40)22-8-6-5-7-9-22)49-17-16-48-21-39-30(42)27-25(11-13-35(27)2)37(4)33(39)45/h5-13,23,28,40H,14-21H2,1-4H3. The van der Waals surface area contributed by atoms with Gasteiger partial charge in [-0.1, -0.05) is 30.3 Å². The van der Waals surface area contributed by atoms with Crippen LogP contribution < -0.4 is 22.5 Å². The summed E-state index contributed by atoms with van der Waals surface area (Å²) in [4.78, 5) is 63.8. The molecule has 0 aliphatic heterocycles. The van der Waals surface area contributed by atoms with Gasteiger partial charge in [-0.3, -0.25) is 18.7 Å². The van der Waals surface area contributed by atoms with Crippen molar-refractivity contribution in [1.82, 2.24) is 27.4 Å². The van der Waals surface area contributed by atoms with Crippen LogP contribution in [-0.2, 0) is 70.1 Å². The molecule has 1 aromatic carbocycles. The molecule has 2 atom stereocenters. The first-order valence-corrected chi connectivity index (χ1v) is 15.8. The average Bonchev–Trinajstić information content (AvgIpc) is 3.71. The fourth-order valence-electron chi connectivity index (χ4n) is 5.41. The number of aryl methyl sites for hydroxylation is 4. The second kappa shape index (κ2) is 16.1. The molecule has 0 bridgehead atoms. The van der Waals surface area contributed by atoms with Gasteiger partial charge in [0, 0.05) is 40.6 Å². The fraction of sp³-hybridized carbons (Fsp3) is 0.424. The van der Waals surface area contributed by atoms with Gasteiger partial charge in [0.25, 0.3) is 11.1 Å². The van der Waals surface area contributed by atoms with Gasteiger partial charge in [0.15, 0.2) is 6.10 Å². The molecular formula is C33H40N6O11. The fourth-order valence-corrected chi connectivity index (χ4v) is 5.41. The summed E-state index contributed by atoms with van der Waals surface area (Å²) in [7, 11) is 6.57. The van der Waals surface area contributed by atoms with Crippen molar-refractivity contribution in [2.45, 2.75) is 25.7 Å². The highest BCUT2D eigenvalue weighted by Gasteiger charge is 2.21. The Kier molecular flexibility index (Phi) is 11.7. The predicted octanol–water partition coefficient (Wildman–Crippen LogP) is -0.282. The van der Waals surface area contributed by atoms with E-state index in [4.69, 9.17) is 23.7 Å². The third kappa shape index (κ3) is 7.71. The number of carbonyl (C=O) groups is 1. The van der Waals surface area contributed by atoms with Crippen LogP contribution in [0.5, 0.6) is 0 Å². The number of aromatic nitrogens is 6. The van der Waals surface area contributed by atoms with Gasteiger partial charge in [0.2, 0.25) is 0 Å². The number of aliphatic hydroxyl groups excluding tert-OH is 1. The molecule has 4 heterocycles. The van der Waals surface area contributed by atoms with E-state index in [0.717, 1.165) is 9.13 Å². The number of aliphatic hydroxyl groups is 1. The molecule has 0 saturated heterocycles. The third-order valence-electron chi connectivity index (χ3n) is 8.20. The molecule has 50 heavy (non-hydrogen) atoms. The van der Waals surface area contributed by atoms with Gasteiger partial charge in [-0.2, -0.15) is 0 Å². The molecule has 17 nitrogen and oxygen atoms in total. The van der Waals surface area contributed by atoms with E-state index in [-0.39, 0.29) is 53.1 Å². The van der Waals surface area contributed by atoms with Crippen LogP contribution in [0.15, 0.2) is 74.0 Å². The lowest BCUT2D eigenvalue weighted by atomic mass is 10.1. The van der Waals surface area contributed by atoms with Crippen LogP contribution in [-0.4, -0.2) is 84.2 Å². The minimum Gasteiger partial charge on any atom is -0.461 e. The molecule has 5 rings (SSSR count). The quantitative estimate of drug-likeness (QED) is 0.0998. The Hall–Kier alpha value is -5.07. The van der Waals surface area contributed by atoms with E-state index in [2.05, 4.69) is 0 Å². The second-order valence-corrected chi connectivity index (χ2v) is 11.6. The van der Waals surface area contributed by atoms with E-state index < -0.39 is 40.7 Å². The van der Waals surface area contributed by atoms with Crippen LogP contribution in [0, 0.1) is 0 Å². The maximum Gasteiger partial charge on any atom is 0.339 e. The number of rotatable bonds is 17. The van der Waals surface area contributed by atoms with Gasteiger partial charge in [-0.25, -0.2) is 23.5 Å². The topological polar surface area (TPSA) is 181 Å². The molecule has 0 saturated carbocycles. The van der Waals surface area contributed by atoms with Crippen LogP contribution in [0.25, 0.3) is 22.1 Å². The summed E-state index contributed by atoms with van der Waals surface area (Å²) >= 11 is 0.